The Morgan fingerprint density at radius 2 is 1.68 bits per heavy atom. The second-order valence-electron chi connectivity index (χ2n) is 9.45. The first kappa shape index (κ1) is 26.5. The third kappa shape index (κ3) is 5.95. The first-order chi connectivity index (χ1) is 18.4. The molecule has 0 spiro atoms. The molecule has 1 aromatic heterocycles. The van der Waals surface area contributed by atoms with Gasteiger partial charge in [0.2, 0.25) is 15.9 Å². The van der Waals surface area contributed by atoms with E-state index in [9.17, 15) is 18.0 Å². The quantitative estimate of drug-likeness (QED) is 0.420. The van der Waals surface area contributed by atoms with Gasteiger partial charge >= 0.3 is 0 Å². The highest BCUT2D eigenvalue weighted by molar-refractivity contribution is 7.98. The normalized spacial score (nSPS) is 15.7. The summed E-state index contributed by atoms with van der Waals surface area (Å²) in [5.74, 6) is 1.38. The van der Waals surface area contributed by atoms with Crippen LogP contribution in [0.3, 0.4) is 0 Å². The molecule has 0 atom stereocenters. The third-order valence-corrected chi connectivity index (χ3v) is 9.68. The highest BCUT2D eigenvalue weighted by Gasteiger charge is 2.27. The maximum atomic E-state index is 13.1. The summed E-state index contributed by atoms with van der Waals surface area (Å²) < 4.78 is 28.9. The lowest BCUT2D eigenvalue weighted by molar-refractivity contribution is -0.121. The van der Waals surface area contributed by atoms with E-state index in [0.717, 1.165) is 48.3 Å². The Morgan fingerprint density at radius 3 is 2.42 bits per heavy atom. The smallest absolute Gasteiger partial charge is 0.256 e. The summed E-state index contributed by atoms with van der Waals surface area (Å²) in [4.78, 5) is 26.0. The lowest BCUT2D eigenvalue weighted by atomic mass is 10.1. The van der Waals surface area contributed by atoms with Crippen LogP contribution in [0.5, 0.6) is 0 Å². The molecule has 3 heterocycles. The summed E-state index contributed by atoms with van der Waals surface area (Å²) in [7, 11) is -3.57. The van der Waals surface area contributed by atoms with Gasteiger partial charge < -0.3 is 10.6 Å². The van der Waals surface area contributed by atoms with Crippen LogP contribution in [0.1, 0.15) is 46.4 Å². The molecule has 2 aromatic carbocycles. The Labute approximate surface area is 227 Å². The van der Waals surface area contributed by atoms with Gasteiger partial charge in [0.15, 0.2) is 0 Å². The van der Waals surface area contributed by atoms with E-state index in [1.807, 2.05) is 30.3 Å². The number of carbonyl (C=O) groups excluding carboxylic acids is 2. The van der Waals surface area contributed by atoms with Crippen molar-refractivity contribution in [2.75, 3.05) is 25.0 Å². The minimum atomic E-state index is -3.57. The second-order valence-corrected chi connectivity index (χ2v) is 12.4. The van der Waals surface area contributed by atoms with Crippen LogP contribution in [0.4, 0.5) is 5.82 Å². The van der Waals surface area contributed by atoms with Crippen molar-refractivity contribution in [1.82, 2.24) is 19.4 Å². The molecule has 0 aliphatic carbocycles. The van der Waals surface area contributed by atoms with Gasteiger partial charge in [0.25, 0.3) is 5.91 Å². The molecule has 200 valence electrons. The molecule has 3 aromatic rings. The number of hydrogen-bond donors (Lipinski definition) is 2. The molecule has 2 aliphatic rings. The van der Waals surface area contributed by atoms with Gasteiger partial charge in [-0.1, -0.05) is 36.8 Å². The van der Waals surface area contributed by atoms with Crippen molar-refractivity contribution in [2.45, 2.75) is 48.6 Å². The van der Waals surface area contributed by atoms with Crippen LogP contribution in [0.2, 0.25) is 0 Å². The van der Waals surface area contributed by atoms with Gasteiger partial charge in [-0.25, -0.2) is 13.1 Å². The van der Waals surface area contributed by atoms with Gasteiger partial charge in [0.05, 0.1) is 10.6 Å². The van der Waals surface area contributed by atoms with Crippen LogP contribution >= 0.6 is 11.8 Å². The molecule has 38 heavy (non-hydrogen) atoms. The Bertz CT molecular complexity index is 1400. The number of rotatable bonds is 9. The van der Waals surface area contributed by atoms with Crippen LogP contribution in [-0.4, -0.2) is 54.0 Å². The molecular weight excluding hydrogens is 522 g/mol. The van der Waals surface area contributed by atoms with Crippen molar-refractivity contribution < 1.29 is 18.0 Å². The van der Waals surface area contributed by atoms with Gasteiger partial charge in [0, 0.05) is 42.3 Å². The first-order valence-corrected chi connectivity index (χ1v) is 15.4. The summed E-state index contributed by atoms with van der Waals surface area (Å²) in [5, 5.41) is 10.4. The van der Waals surface area contributed by atoms with E-state index in [1.54, 1.807) is 16.4 Å². The lowest BCUT2D eigenvalue weighted by Crippen LogP contribution is -2.35. The number of hydrogen-bond acceptors (Lipinski definition) is 6. The first-order valence-electron chi connectivity index (χ1n) is 12.8. The van der Waals surface area contributed by atoms with Crippen LogP contribution in [0.25, 0.3) is 0 Å². The number of amides is 2. The molecular formula is C27H31N5O4S2. The number of nitrogens with zero attached hydrogens (tertiary/aromatic N) is 3. The Kier molecular flexibility index (Phi) is 8.15. The van der Waals surface area contributed by atoms with Gasteiger partial charge in [0.1, 0.15) is 12.4 Å². The minimum absolute atomic E-state index is 0.00488. The minimum Gasteiger partial charge on any atom is -0.354 e. The molecule has 2 N–H and O–H groups in total. The van der Waals surface area contributed by atoms with Crippen molar-refractivity contribution in [3.8, 4) is 0 Å². The van der Waals surface area contributed by atoms with E-state index in [2.05, 4.69) is 15.7 Å². The number of fused-ring (bicyclic) bond motifs is 1. The number of carbonyl (C=O) groups is 2. The molecule has 0 bridgehead atoms. The zero-order valence-electron chi connectivity index (χ0n) is 21.1. The number of nitrogens with one attached hydrogen (secondary N) is 2. The fourth-order valence-corrected chi connectivity index (χ4v) is 7.27. The summed E-state index contributed by atoms with van der Waals surface area (Å²) in [6, 6.07) is 16.0. The van der Waals surface area contributed by atoms with E-state index in [-0.39, 0.29) is 23.3 Å². The molecule has 5 rings (SSSR count). The molecule has 0 saturated carbocycles. The number of piperidine rings is 1. The lowest BCUT2D eigenvalue weighted by Gasteiger charge is -2.25. The predicted molar refractivity (Wildman–Crippen MR) is 147 cm³/mol. The second kappa shape index (κ2) is 11.7. The standard InChI is InChI=1S/C27H31N5O4S2/c33-25(28-14-13-20-7-3-1-4-8-20)17-32-26(23-18-37-19-24(23)30-32)29-27(34)21-9-11-22(12-10-21)38(35,36)31-15-5-2-6-16-31/h1,3-4,7-12H,2,5-6,13-19H2,(H,28,33)(H,29,34). The van der Waals surface area contributed by atoms with Crippen LogP contribution in [-0.2, 0) is 39.3 Å². The molecule has 1 saturated heterocycles. The number of aromatic nitrogens is 2. The SMILES string of the molecule is O=C(Cn1nc2c(c1NC(=O)c1ccc(S(=O)(=O)N3CCCCC3)cc1)CSC2)NCCc1ccccc1. The van der Waals surface area contributed by atoms with Crippen LogP contribution < -0.4 is 10.6 Å². The average molecular weight is 554 g/mol. The van der Waals surface area contributed by atoms with Crippen molar-refractivity contribution in [1.29, 1.82) is 0 Å². The summed E-state index contributed by atoms with van der Waals surface area (Å²) >= 11 is 1.70. The fourth-order valence-electron chi connectivity index (χ4n) is 4.72. The maximum Gasteiger partial charge on any atom is 0.256 e. The number of benzene rings is 2. The topological polar surface area (TPSA) is 113 Å². The van der Waals surface area contributed by atoms with E-state index >= 15 is 0 Å². The number of sulfonamides is 1. The molecule has 2 aliphatic heterocycles. The highest BCUT2D eigenvalue weighted by Crippen LogP contribution is 2.35. The molecule has 0 unspecified atom stereocenters. The van der Waals surface area contributed by atoms with Gasteiger partial charge in [-0.3, -0.25) is 9.59 Å². The van der Waals surface area contributed by atoms with Crippen molar-refractivity contribution in [3.63, 3.8) is 0 Å². The maximum absolute atomic E-state index is 13.1. The molecule has 1 fully saturated rings. The predicted octanol–water partition coefficient (Wildman–Crippen LogP) is 3.42. The monoisotopic (exact) mass is 553 g/mol. The number of thioether (sulfide) groups is 1. The van der Waals surface area contributed by atoms with E-state index in [4.69, 9.17) is 0 Å². The zero-order chi connectivity index (χ0) is 26.5. The summed E-state index contributed by atoms with van der Waals surface area (Å²) in [6.45, 7) is 1.55. The van der Waals surface area contributed by atoms with E-state index in [0.29, 0.717) is 36.8 Å². The molecule has 11 heteroatoms. The Morgan fingerprint density at radius 1 is 0.947 bits per heavy atom. The van der Waals surface area contributed by atoms with Crippen molar-refractivity contribution >= 4 is 39.4 Å². The van der Waals surface area contributed by atoms with Gasteiger partial charge in [-0.05, 0) is 49.1 Å². The summed E-state index contributed by atoms with van der Waals surface area (Å²) in [6.07, 6.45) is 3.49. The van der Waals surface area contributed by atoms with E-state index in [1.165, 1.54) is 28.6 Å². The average Bonchev–Trinajstić information content (AvgIpc) is 3.52. The highest BCUT2D eigenvalue weighted by atomic mass is 32.2. The van der Waals surface area contributed by atoms with E-state index < -0.39 is 10.0 Å². The van der Waals surface area contributed by atoms with Gasteiger partial charge in [-0.2, -0.15) is 21.2 Å². The largest absolute Gasteiger partial charge is 0.354 e. The Hall–Kier alpha value is -3.15. The summed E-state index contributed by atoms with van der Waals surface area (Å²) in [5.41, 5.74) is 3.27. The van der Waals surface area contributed by atoms with Crippen molar-refractivity contribution in [2.24, 2.45) is 0 Å². The molecule has 2 amide bonds. The Balaban J connectivity index is 1.25. The van der Waals surface area contributed by atoms with Crippen molar-refractivity contribution in [3.05, 3.63) is 77.0 Å². The van der Waals surface area contributed by atoms with Crippen LogP contribution in [0.15, 0.2) is 59.5 Å². The number of anilines is 1. The van der Waals surface area contributed by atoms with Gasteiger partial charge in [-0.15, -0.1) is 0 Å². The van der Waals surface area contributed by atoms with Crippen LogP contribution in [0, 0.1) is 0 Å². The zero-order valence-corrected chi connectivity index (χ0v) is 22.7. The fraction of sp³-hybridized carbons (Fsp3) is 0.370. The third-order valence-electron chi connectivity index (χ3n) is 6.79. The molecule has 0 radical (unpaired) electrons. The molecule has 9 nitrogen and oxygen atoms in total.